The van der Waals surface area contributed by atoms with Crippen molar-refractivity contribution < 1.29 is 0 Å². The molecule has 1 aliphatic heterocycles. The Labute approximate surface area is 127 Å². The van der Waals surface area contributed by atoms with Gasteiger partial charge in [0.2, 0.25) is 0 Å². The van der Waals surface area contributed by atoms with Crippen LogP contribution in [0.15, 0.2) is 5.38 Å². The Hall–Kier alpha value is -0.650. The first-order valence-corrected chi connectivity index (χ1v) is 8.42. The fourth-order valence-corrected chi connectivity index (χ4v) is 3.28. The Kier molecular flexibility index (Phi) is 5.04. The molecular formula is C15H28N4S. The van der Waals surface area contributed by atoms with Crippen LogP contribution >= 0.6 is 11.3 Å². The van der Waals surface area contributed by atoms with Gasteiger partial charge in [0, 0.05) is 49.7 Å². The lowest BCUT2D eigenvalue weighted by Crippen LogP contribution is -2.53. The van der Waals surface area contributed by atoms with Gasteiger partial charge in [-0.25, -0.2) is 4.98 Å². The number of piperazine rings is 1. The van der Waals surface area contributed by atoms with Gasteiger partial charge in [0.1, 0.15) is 0 Å². The summed E-state index contributed by atoms with van der Waals surface area (Å²) in [5, 5.41) is 6.78. The minimum atomic E-state index is 0.279. The van der Waals surface area contributed by atoms with E-state index in [1.54, 1.807) is 11.3 Å². The fraction of sp³-hybridized carbons (Fsp3) is 0.800. The van der Waals surface area contributed by atoms with Crippen LogP contribution in [0.4, 0.5) is 5.13 Å². The van der Waals surface area contributed by atoms with E-state index in [1.165, 1.54) is 5.13 Å². The second-order valence-corrected chi connectivity index (χ2v) is 7.64. The van der Waals surface area contributed by atoms with E-state index < -0.39 is 0 Å². The average Bonchev–Trinajstić information content (AvgIpc) is 2.84. The summed E-state index contributed by atoms with van der Waals surface area (Å²) >= 11 is 1.77. The van der Waals surface area contributed by atoms with Gasteiger partial charge in [-0.1, -0.05) is 13.8 Å². The number of nitrogens with one attached hydrogen (secondary N) is 1. The summed E-state index contributed by atoms with van der Waals surface area (Å²) in [5.74, 6) is 0. The number of nitrogens with zero attached hydrogens (tertiary/aromatic N) is 3. The van der Waals surface area contributed by atoms with Crippen molar-refractivity contribution in [3.05, 3.63) is 11.1 Å². The first-order chi connectivity index (χ1) is 9.36. The minimum absolute atomic E-state index is 0.279. The standard InChI is InChI=1S/C15H28N4S/c1-12(2)16-10-13-11-20-14(17-13)18-6-8-19(9-7-18)15(3,4)5/h11-12,16H,6-10H2,1-5H3. The molecule has 1 aromatic heterocycles. The predicted molar refractivity (Wildman–Crippen MR) is 87.6 cm³/mol. The Morgan fingerprint density at radius 1 is 1.25 bits per heavy atom. The lowest BCUT2D eigenvalue weighted by atomic mass is 10.1. The molecule has 0 unspecified atom stereocenters. The second-order valence-electron chi connectivity index (χ2n) is 6.80. The molecule has 1 fully saturated rings. The molecule has 0 atom stereocenters. The molecule has 0 aromatic carbocycles. The van der Waals surface area contributed by atoms with Crippen molar-refractivity contribution in [3.63, 3.8) is 0 Å². The Balaban J connectivity index is 1.88. The minimum Gasteiger partial charge on any atom is -0.346 e. The highest BCUT2D eigenvalue weighted by Crippen LogP contribution is 2.24. The van der Waals surface area contributed by atoms with Crippen molar-refractivity contribution in [2.75, 3.05) is 31.1 Å². The normalized spacial score (nSPS) is 18.0. The molecular weight excluding hydrogens is 268 g/mol. The zero-order valence-electron chi connectivity index (χ0n) is 13.4. The van der Waals surface area contributed by atoms with Crippen LogP contribution in [0.2, 0.25) is 0 Å². The van der Waals surface area contributed by atoms with Crippen molar-refractivity contribution in [3.8, 4) is 0 Å². The summed E-state index contributed by atoms with van der Waals surface area (Å²) in [6.45, 7) is 16.5. The Morgan fingerprint density at radius 2 is 1.90 bits per heavy atom. The van der Waals surface area contributed by atoms with Crippen LogP contribution in [-0.2, 0) is 6.54 Å². The zero-order chi connectivity index (χ0) is 14.8. The van der Waals surface area contributed by atoms with Gasteiger partial charge < -0.3 is 10.2 Å². The summed E-state index contributed by atoms with van der Waals surface area (Å²) < 4.78 is 0. The molecule has 0 spiro atoms. The SMILES string of the molecule is CC(C)NCc1csc(N2CCN(C(C)(C)C)CC2)n1. The molecule has 114 valence electrons. The zero-order valence-corrected chi connectivity index (χ0v) is 14.3. The average molecular weight is 296 g/mol. The molecule has 2 heterocycles. The molecule has 1 aliphatic rings. The number of thiazole rings is 1. The molecule has 4 nitrogen and oxygen atoms in total. The third-order valence-corrected chi connectivity index (χ3v) is 4.68. The van der Waals surface area contributed by atoms with Crippen LogP contribution < -0.4 is 10.2 Å². The van der Waals surface area contributed by atoms with Gasteiger partial charge in [-0.2, -0.15) is 0 Å². The van der Waals surface area contributed by atoms with Crippen molar-refractivity contribution in [1.82, 2.24) is 15.2 Å². The molecule has 0 aliphatic carbocycles. The highest BCUT2D eigenvalue weighted by molar-refractivity contribution is 7.13. The molecule has 0 bridgehead atoms. The van der Waals surface area contributed by atoms with Crippen LogP contribution in [-0.4, -0.2) is 47.6 Å². The van der Waals surface area contributed by atoms with Crippen molar-refractivity contribution >= 4 is 16.5 Å². The molecule has 20 heavy (non-hydrogen) atoms. The van der Waals surface area contributed by atoms with Crippen molar-refractivity contribution in [1.29, 1.82) is 0 Å². The highest BCUT2D eigenvalue weighted by Gasteiger charge is 2.26. The fourth-order valence-electron chi connectivity index (χ4n) is 2.40. The maximum absolute atomic E-state index is 4.76. The largest absolute Gasteiger partial charge is 0.346 e. The van der Waals surface area contributed by atoms with Crippen LogP contribution in [0.1, 0.15) is 40.3 Å². The monoisotopic (exact) mass is 296 g/mol. The Bertz CT molecular complexity index is 414. The number of anilines is 1. The number of rotatable bonds is 4. The summed E-state index contributed by atoms with van der Waals surface area (Å²) in [5.41, 5.74) is 1.44. The lowest BCUT2D eigenvalue weighted by molar-refractivity contribution is 0.128. The molecule has 1 N–H and O–H groups in total. The van der Waals surface area contributed by atoms with Crippen molar-refractivity contribution in [2.24, 2.45) is 0 Å². The molecule has 1 saturated heterocycles. The van der Waals surface area contributed by atoms with E-state index in [0.29, 0.717) is 6.04 Å². The molecule has 5 heteroatoms. The maximum atomic E-state index is 4.76. The molecule has 2 rings (SSSR count). The van der Waals surface area contributed by atoms with Gasteiger partial charge >= 0.3 is 0 Å². The number of hydrogen-bond acceptors (Lipinski definition) is 5. The molecule has 0 radical (unpaired) electrons. The Morgan fingerprint density at radius 3 is 2.45 bits per heavy atom. The van der Waals surface area contributed by atoms with E-state index in [2.05, 4.69) is 55.1 Å². The smallest absolute Gasteiger partial charge is 0.185 e. The van der Waals surface area contributed by atoms with E-state index in [4.69, 9.17) is 4.98 Å². The quantitative estimate of drug-likeness (QED) is 0.925. The summed E-state index contributed by atoms with van der Waals surface area (Å²) in [4.78, 5) is 9.73. The van der Waals surface area contributed by atoms with Gasteiger partial charge in [-0.15, -0.1) is 11.3 Å². The second kappa shape index (κ2) is 6.41. The van der Waals surface area contributed by atoms with Crippen LogP contribution in [0.25, 0.3) is 0 Å². The number of aromatic nitrogens is 1. The third-order valence-electron chi connectivity index (χ3n) is 3.73. The van der Waals surface area contributed by atoms with E-state index in [-0.39, 0.29) is 5.54 Å². The van der Waals surface area contributed by atoms with E-state index in [9.17, 15) is 0 Å². The van der Waals surface area contributed by atoms with Gasteiger partial charge in [0.05, 0.1) is 5.69 Å². The van der Waals surface area contributed by atoms with Gasteiger partial charge in [-0.05, 0) is 20.8 Å². The van der Waals surface area contributed by atoms with Gasteiger partial charge in [0.15, 0.2) is 5.13 Å². The molecule has 0 saturated carbocycles. The summed E-state index contributed by atoms with van der Waals surface area (Å²) in [7, 11) is 0. The molecule has 0 amide bonds. The third kappa shape index (κ3) is 4.17. The molecule has 1 aromatic rings. The van der Waals surface area contributed by atoms with Gasteiger partial charge in [0.25, 0.3) is 0 Å². The van der Waals surface area contributed by atoms with E-state index in [0.717, 1.165) is 38.4 Å². The van der Waals surface area contributed by atoms with E-state index >= 15 is 0 Å². The van der Waals surface area contributed by atoms with Crippen LogP contribution in [0.5, 0.6) is 0 Å². The summed E-state index contributed by atoms with van der Waals surface area (Å²) in [6.07, 6.45) is 0. The highest BCUT2D eigenvalue weighted by atomic mass is 32.1. The summed E-state index contributed by atoms with van der Waals surface area (Å²) in [6, 6.07) is 0.510. The van der Waals surface area contributed by atoms with Crippen molar-refractivity contribution in [2.45, 2.75) is 52.7 Å². The maximum Gasteiger partial charge on any atom is 0.185 e. The number of hydrogen-bond donors (Lipinski definition) is 1. The van der Waals surface area contributed by atoms with E-state index in [1.807, 2.05) is 0 Å². The van der Waals surface area contributed by atoms with Gasteiger partial charge in [-0.3, -0.25) is 4.90 Å². The van der Waals surface area contributed by atoms with Crippen LogP contribution in [0, 0.1) is 0 Å². The predicted octanol–water partition coefficient (Wildman–Crippen LogP) is 2.56. The first kappa shape index (κ1) is 15.7. The van der Waals surface area contributed by atoms with Crippen LogP contribution in [0.3, 0.4) is 0 Å². The first-order valence-electron chi connectivity index (χ1n) is 7.54. The topological polar surface area (TPSA) is 31.4 Å². The lowest BCUT2D eigenvalue weighted by Gasteiger charge is -2.42.